The maximum atomic E-state index is 11.7. The zero-order valence-electron chi connectivity index (χ0n) is 13.4. The summed E-state index contributed by atoms with van der Waals surface area (Å²) in [7, 11) is 1.55. The highest BCUT2D eigenvalue weighted by atomic mass is 16.3. The first-order chi connectivity index (χ1) is 11.1. The molecule has 1 amide bonds. The highest BCUT2D eigenvalue weighted by molar-refractivity contribution is 5.76. The van der Waals surface area contributed by atoms with Gasteiger partial charge in [0.1, 0.15) is 0 Å². The van der Waals surface area contributed by atoms with Gasteiger partial charge < -0.3 is 20.6 Å². The lowest BCUT2D eigenvalue weighted by molar-refractivity contribution is -0.122. The third-order valence-corrected chi connectivity index (χ3v) is 4.58. The second-order valence-corrected chi connectivity index (χ2v) is 6.00. The SMILES string of the molecule is CNC(=O)C[C@@H]1[C@@H](O)[C@@H](O)[C@@H](CO)N1CCCc1ccccc1. The van der Waals surface area contributed by atoms with Crippen LogP contribution in [0.1, 0.15) is 18.4 Å². The molecular weight excluding hydrogens is 296 g/mol. The van der Waals surface area contributed by atoms with Crippen LogP contribution in [-0.2, 0) is 11.2 Å². The van der Waals surface area contributed by atoms with E-state index in [0.29, 0.717) is 6.54 Å². The molecule has 0 unspecified atom stereocenters. The molecule has 1 aliphatic heterocycles. The van der Waals surface area contributed by atoms with E-state index in [2.05, 4.69) is 17.4 Å². The van der Waals surface area contributed by atoms with Gasteiger partial charge in [0.05, 0.1) is 24.9 Å². The molecule has 0 radical (unpaired) electrons. The molecule has 0 aromatic heterocycles. The van der Waals surface area contributed by atoms with Crippen LogP contribution < -0.4 is 5.32 Å². The fourth-order valence-electron chi connectivity index (χ4n) is 3.28. The van der Waals surface area contributed by atoms with Gasteiger partial charge in [-0.3, -0.25) is 9.69 Å². The molecule has 6 nitrogen and oxygen atoms in total. The van der Waals surface area contributed by atoms with Gasteiger partial charge in [0.25, 0.3) is 0 Å². The zero-order chi connectivity index (χ0) is 16.8. The summed E-state index contributed by atoms with van der Waals surface area (Å²) in [6.45, 7) is 0.365. The van der Waals surface area contributed by atoms with Crippen molar-refractivity contribution in [3.63, 3.8) is 0 Å². The molecule has 0 aliphatic carbocycles. The Hall–Kier alpha value is -1.47. The molecule has 1 fully saturated rings. The lowest BCUT2D eigenvalue weighted by atomic mass is 10.1. The van der Waals surface area contributed by atoms with Crippen LogP contribution in [0.2, 0.25) is 0 Å². The molecule has 1 saturated heterocycles. The van der Waals surface area contributed by atoms with Crippen LogP contribution in [0.25, 0.3) is 0 Å². The maximum Gasteiger partial charge on any atom is 0.221 e. The third kappa shape index (κ3) is 4.29. The van der Waals surface area contributed by atoms with E-state index in [1.165, 1.54) is 5.56 Å². The van der Waals surface area contributed by atoms with Gasteiger partial charge in [-0.05, 0) is 24.9 Å². The Bertz CT molecular complexity index is 497. The summed E-state index contributed by atoms with van der Waals surface area (Å²) in [5, 5.41) is 32.4. The van der Waals surface area contributed by atoms with Crippen molar-refractivity contribution in [1.82, 2.24) is 10.2 Å². The minimum atomic E-state index is -1.04. The van der Waals surface area contributed by atoms with E-state index in [1.807, 2.05) is 23.1 Å². The lowest BCUT2D eigenvalue weighted by Crippen LogP contribution is -2.44. The Morgan fingerprint density at radius 2 is 1.83 bits per heavy atom. The highest BCUT2D eigenvalue weighted by Gasteiger charge is 2.47. The number of nitrogens with one attached hydrogen (secondary N) is 1. The van der Waals surface area contributed by atoms with Crippen LogP contribution in [-0.4, -0.2) is 70.6 Å². The summed E-state index contributed by atoms with van der Waals surface area (Å²) >= 11 is 0. The van der Waals surface area contributed by atoms with E-state index in [-0.39, 0.29) is 18.9 Å². The number of benzene rings is 1. The van der Waals surface area contributed by atoms with E-state index in [0.717, 1.165) is 12.8 Å². The molecule has 0 bridgehead atoms. The van der Waals surface area contributed by atoms with Crippen LogP contribution >= 0.6 is 0 Å². The second-order valence-electron chi connectivity index (χ2n) is 6.00. The Morgan fingerprint density at radius 3 is 2.43 bits per heavy atom. The summed E-state index contributed by atoms with van der Waals surface area (Å²) in [4.78, 5) is 13.5. The number of carbonyl (C=O) groups is 1. The molecule has 1 heterocycles. The van der Waals surface area contributed by atoms with Gasteiger partial charge in [-0.15, -0.1) is 0 Å². The molecule has 6 heteroatoms. The Balaban J connectivity index is 2.00. The number of likely N-dealkylation sites (tertiary alicyclic amines) is 1. The molecule has 2 rings (SSSR count). The first kappa shape index (κ1) is 17.9. The molecule has 4 atom stereocenters. The number of carbonyl (C=O) groups excluding carboxylic acids is 1. The average Bonchev–Trinajstić information content (AvgIpc) is 2.80. The molecule has 0 saturated carbocycles. The first-order valence-electron chi connectivity index (χ1n) is 8.05. The van der Waals surface area contributed by atoms with Crippen molar-refractivity contribution in [2.24, 2.45) is 0 Å². The lowest BCUT2D eigenvalue weighted by Gasteiger charge is -2.29. The van der Waals surface area contributed by atoms with Crippen molar-refractivity contribution in [2.75, 3.05) is 20.2 Å². The normalized spacial score (nSPS) is 28.0. The van der Waals surface area contributed by atoms with Crippen LogP contribution in [0.15, 0.2) is 30.3 Å². The second kappa shape index (κ2) is 8.40. The monoisotopic (exact) mass is 322 g/mol. The van der Waals surface area contributed by atoms with Gasteiger partial charge in [-0.1, -0.05) is 30.3 Å². The van der Waals surface area contributed by atoms with Crippen LogP contribution in [0, 0.1) is 0 Å². The number of aliphatic hydroxyl groups is 3. The Kier molecular flexibility index (Phi) is 6.53. The van der Waals surface area contributed by atoms with Crippen LogP contribution in [0.4, 0.5) is 0 Å². The topological polar surface area (TPSA) is 93.0 Å². The molecule has 0 spiro atoms. The van der Waals surface area contributed by atoms with E-state index in [1.54, 1.807) is 7.05 Å². The van der Waals surface area contributed by atoms with Crippen molar-refractivity contribution in [1.29, 1.82) is 0 Å². The quantitative estimate of drug-likeness (QED) is 0.544. The van der Waals surface area contributed by atoms with Gasteiger partial charge >= 0.3 is 0 Å². The largest absolute Gasteiger partial charge is 0.395 e. The minimum Gasteiger partial charge on any atom is -0.395 e. The molecular formula is C17H26N2O4. The van der Waals surface area contributed by atoms with Crippen molar-refractivity contribution in [3.8, 4) is 0 Å². The summed E-state index contributed by atoms with van der Waals surface area (Å²) in [6.07, 6.45) is -0.262. The average molecular weight is 322 g/mol. The molecule has 4 N–H and O–H groups in total. The van der Waals surface area contributed by atoms with Gasteiger partial charge in [-0.2, -0.15) is 0 Å². The van der Waals surface area contributed by atoms with Gasteiger partial charge in [0.15, 0.2) is 0 Å². The van der Waals surface area contributed by atoms with E-state index in [4.69, 9.17) is 0 Å². The van der Waals surface area contributed by atoms with E-state index < -0.39 is 24.3 Å². The predicted octanol–water partition coefficient (Wildman–Crippen LogP) is -0.478. The van der Waals surface area contributed by atoms with Crippen molar-refractivity contribution >= 4 is 5.91 Å². The first-order valence-corrected chi connectivity index (χ1v) is 8.05. The zero-order valence-corrected chi connectivity index (χ0v) is 13.4. The molecule has 1 aromatic carbocycles. The summed E-state index contributed by atoms with van der Waals surface area (Å²) in [5.41, 5.74) is 1.22. The number of nitrogens with zero attached hydrogens (tertiary/aromatic N) is 1. The van der Waals surface area contributed by atoms with Crippen molar-refractivity contribution < 1.29 is 20.1 Å². The molecule has 1 aromatic rings. The number of aliphatic hydroxyl groups excluding tert-OH is 3. The summed E-state index contributed by atoms with van der Waals surface area (Å²) < 4.78 is 0. The van der Waals surface area contributed by atoms with E-state index >= 15 is 0 Å². The number of hydrogen-bond donors (Lipinski definition) is 4. The van der Waals surface area contributed by atoms with Crippen LogP contribution in [0.5, 0.6) is 0 Å². The number of aryl methyl sites for hydroxylation is 1. The van der Waals surface area contributed by atoms with Gasteiger partial charge in [-0.25, -0.2) is 0 Å². The summed E-state index contributed by atoms with van der Waals surface area (Å²) in [5.74, 6) is -0.187. The third-order valence-electron chi connectivity index (χ3n) is 4.58. The minimum absolute atomic E-state index is 0.108. The Labute approximate surface area is 136 Å². The van der Waals surface area contributed by atoms with Crippen molar-refractivity contribution in [3.05, 3.63) is 35.9 Å². The van der Waals surface area contributed by atoms with Crippen LogP contribution in [0.3, 0.4) is 0 Å². The molecule has 23 heavy (non-hydrogen) atoms. The smallest absolute Gasteiger partial charge is 0.221 e. The molecule has 128 valence electrons. The van der Waals surface area contributed by atoms with Gasteiger partial charge in [0, 0.05) is 19.5 Å². The Morgan fingerprint density at radius 1 is 1.17 bits per heavy atom. The fraction of sp³-hybridized carbons (Fsp3) is 0.588. The predicted molar refractivity (Wildman–Crippen MR) is 86.8 cm³/mol. The number of rotatable bonds is 7. The number of hydrogen-bond acceptors (Lipinski definition) is 5. The highest BCUT2D eigenvalue weighted by Crippen LogP contribution is 2.27. The fourth-order valence-corrected chi connectivity index (χ4v) is 3.28. The maximum absolute atomic E-state index is 11.7. The van der Waals surface area contributed by atoms with Gasteiger partial charge in [0.2, 0.25) is 5.91 Å². The molecule has 1 aliphatic rings. The standard InChI is InChI=1S/C17H26N2O4/c1-18-15(21)10-13-16(22)17(23)14(11-20)19(13)9-5-8-12-6-3-2-4-7-12/h2-4,6-7,13-14,16-17,20,22-23H,5,8-11H2,1H3,(H,18,21)/t13-,14-,16-,17+/m1/s1. The summed E-state index contributed by atoms with van der Waals surface area (Å²) in [6, 6.07) is 9.05. The van der Waals surface area contributed by atoms with E-state index in [9.17, 15) is 20.1 Å². The number of amides is 1. The van der Waals surface area contributed by atoms with Crippen molar-refractivity contribution in [2.45, 2.75) is 43.6 Å².